The van der Waals surface area contributed by atoms with Crippen molar-refractivity contribution in [3.05, 3.63) is 16.5 Å². The molecule has 0 amide bonds. The molecule has 0 aromatic carbocycles. The monoisotopic (exact) mass is 267 g/mol. The Morgan fingerprint density at radius 3 is 2.87 bits per heavy atom. The Kier molecular flexibility index (Phi) is 3.32. The smallest absolute Gasteiger partial charge is 0.250 e. The summed E-state index contributed by atoms with van der Waals surface area (Å²) in [5, 5.41) is 0. The van der Waals surface area contributed by atoms with Gasteiger partial charge in [-0.05, 0) is 18.6 Å². The molecule has 1 saturated heterocycles. The van der Waals surface area contributed by atoms with E-state index in [9.17, 15) is 8.42 Å². The van der Waals surface area contributed by atoms with Crippen LogP contribution in [-0.4, -0.2) is 27.7 Å². The van der Waals surface area contributed by atoms with Crippen LogP contribution in [0, 0.1) is 0 Å². The van der Waals surface area contributed by atoms with Gasteiger partial charge in [0.1, 0.15) is 4.21 Å². The predicted molar refractivity (Wildman–Crippen MR) is 58.9 cm³/mol. The first-order valence-corrected chi connectivity index (χ1v) is 7.11. The van der Waals surface area contributed by atoms with Gasteiger partial charge in [0, 0.05) is 12.6 Å². The Hall–Kier alpha value is -0.140. The zero-order valence-corrected chi connectivity index (χ0v) is 10.2. The van der Waals surface area contributed by atoms with E-state index in [-0.39, 0.29) is 10.3 Å². The maximum absolute atomic E-state index is 11.8. The van der Waals surface area contributed by atoms with Crippen LogP contribution in [-0.2, 0) is 14.8 Å². The predicted octanol–water partition coefficient (Wildman–Crippen LogP) is 1.47. The number of nitrogens with one attached hydrogen (secondary N) is 1. The molecule has 1 N–H and O–H groups in total. The minimum absolute atomic E-state index is 0.115. The molecule has 4 nitrogen and oxygen atoms in total. The largest absolute Gasteiger partial charge is 0.380 e. The molecule has 0 aliphatic carbocycles. The summed E-state index contributed by atoms with van der Waals surface area (Å²) in [6.07, 6.45) is 0.721. The fraction of sp³-hybridized carbons (Fsp3) is 0.500. The number of hydrogen-bond donors (Lipinski definition) is 1. The third-order valence-corrected chi connectivity index (χ3v) is 5.31. The Labute approximate surface area is 97.3 Å². The molecule has 1 aliphatic heterocycles. The van der Waals surface area contributed by atoms with Crippen LogP contribution in [0.2, 0.25) is 4.34 Å². The van der Waals surface area contributed by atoms with E-state index in [4.69, 9.17) is 16.3 Å². The molecule has 1 unspecified atom stereocenters. The van der Waals surface area contributed by atoms with Crippen molar-refractivity contribution in [3.8, 4) is 0 Å². The standard InChI is InChI=1S/C8H10ClNO3S2/c9-7-1-2-8(14-7)15(11,12)10-6-3-4-13-5-6/h1-2,6,10H,3-5H2. The minimum Gasteiger partial charge on any atom is -0.380 e. The molecule has 0 bridgehead atoms. The van der Waals surface area contributed by atoms with Gasteiger partial charge >= 0.3 is 0 Å². The lowest BCUT2D eigenvalue weighted by Crippen LogP contribution is -2.34. The van der Waals surface area contributed by atoms with E-state index in [0.717, 1.165) is 17.8 Å². The van der Waals surface area contributed by atoms with Crippen LogP contribution in [0.15, 0.2) is 16.3 Å². The van der Waals surface area contributed by atoms with Crippen molar-refractivity contribution in [1.82, 2.24) is 4.72 Å². The van der Waals surface area contributed by atoms with Crippen LogP contribution in [0.4, 0.5) is 0 Å². The third-order valence-electron chi connectivity index (χ3n) is 2.06. The van der Waals surface area contributed by atoms with E-state index in [1.807, 2.05) is 0 Å². The van der Waals surface area contributed by atoms with Crippen LogP contribution >= 0.6 is 22.9 Å². The fourth-order valence-corrected chi connectivity index (χ4v) is 4.10. The molecule has 1 atom stereocenters. The van der Waals surface area contributed by atoms with Crippen molar-refractivity contribution in [2.75, 3.05) is 13.2 Å². The van der Waals surface area contributed by atoms with Crippen LogP contribution in [0.25, 0.3) is 0 Å². The van der Waals surface area contributed by atoms with Crippen molar-refractivity contribution in [3.63, 3.8) is 0 Å². The average Bonchev–Trinajstić information content (AvgIpc) is 2.75. The van der Waals surface area contributed by atoms with E-state index in [1.165, 1.54) is 6.07 Å². The maximum atomic E-state index is 11.8. The number of rotatable bonds is 3. The Balaban J connectivity index is 2.12. The molecule has 0 saturated carbocycles. The van der Waals surface area contributed by atoms with Gasteiger partial charge in [0.15, 0.2) is 0 Å². The second-order valence-corrected chi connectivity index (χ2v) is 6.90. The summed E-state index contributed by atoms with van der Waals surface area (Å²) in [5.41, 5.74) is 0. The first kappa shape index (κ1) is 11.3. The highest BCUT2D eigenvalue weighted by Gasteiger charge is 2.24. The molecule has 84 valence electrons. The Morgan fingerprint density at radius 2 is 2.33 bits per heavy atom. The number of halogens is 1. The number of thiophene rings is 1. The van der Waals surface area contributed by atoms with Gasteiger partial charge in [-0.15, -0.1) is 11.3 Å². The lowest BCUT2D eigenvalue weighted by atomic mass is 10.3. The van der Waals surface area contributed by atoms with E-state index in [0.29, 0.717) is 17.6 Å². The highest BCUT2D eigenvalue weighted by Crippen LogP contribution is 2.25. The van der Waals surface area contributed by atoms with Gasteiger partial charge in [-0.1, -0.05) is 11.6 Å². The highest BCUT2D eigenvalue weighted by atomic mass is 35.5. The lowest BCUT2D eigenvalue weighted by Gasteiger charge is -2.09. The molecule has 1 fully saturated rings. The molecule has 0 spiro atoms. The summed E-state index contributed by atoms with van der Waals surface area (Å²) >= 11 is 6.74. The second kappa shape index (κ2) is 4.39. The van der Waals surface area contributed by atoms with Crippen LogP contribution in [0.3, 0.4) is 0 Å². The van der Waals surface area contributed by atoms with Gasteiger partial charge in [-0.2, -0.15) is 0 Å². The summed E-state index contributed by atoms with van der Waals surface area (Å²) in [6, 6.07) is 2.97. The van der Waals surface area contributed by atoms with Crippen molar-refractivity contribution in [2.24, 2.45) is 0 Å². The summed E-state index contributed by atoms with van der Waals surface area (Å²) in [4.78, 5) is 0. The van der Waals surface area contributed by atoms with Crippen LogP contribution in [0.1, 0.15) is 6.42 Å². The van der Waals surface area contributed by atoms with Crippen LogP contribution in [0.5, 0.6) is 0 Å². The maximum Gasteiger partial charge on any atom is 0.250 e. The van der Waals surface area contributed by atoms with Gasteiger partial charge in [-0.3, -0.25) is 0 Å². The second-order valence-electron chi connectivity index (χ2n) is 3.24. The van der Waals surface area contributed by atoms with Crippen molar-refractivity contribution in [1.29, 1.82) is 0 Å². The van der Waals surface area contributed by atoms with E-state index < -0.39 is 10.0 Å². The highest BCUT2D eigenvalue weighted by molar-refractivity contribution is 7.91. The topological polar surface area (TPSA) is 55.4 Å². The van der Waals surface area contributed by atoms with Gasteiger partial charge < -0.3 is 4.74 Å². The minimum atomic E-state index is -3.42. The molecule has 0 radical (unpaired) electrons. The molecule has 1 aliphatic rings. The van der Waals surface area contributed by atoms with Crippen molar-refractivity contribution in [2.45, 2.75) is 16.7 Å². The summed E-state index contributed by atoms with van der Waals surface area (Å²) in [7, 11) is -3.42. The molecular formula is C8H10ClNO3S2. The molecule has 1 aromatic rings. The summed E-state index contributed by atoms with van der Waals surface area (Å²) in [5.74, 6) is 0. The van der Waals surface area contributed by atoms with Gasteiger partial charge in [0.25, 0.3) is 0 Å². The fourth-order valence-electron chi connectivity index (χ4n) is 1.35. The lowest BCUT2D eigenvalue weighted by molar-refractivity contribution is 0.192. The number of ether oxygens (including phenoxy) is 1. The molecular weight excluding hydrogens is 258 g/mol. The zero-order chi connectivity index (χ0) is 10.9. The molecule has 15 heavy (non-hydrogen) atoms. The quantitative estimate of drug-likeness (QED) is 0.902. The summed E-state index contributed by atoms with van der Waals surface area (Å²) < 4.78 is 32.0. The molecule has 1 aromatic heterocycles. The SMILES string of the molecule is O=S(=O)(NC1CCOC1)c1ccc(Cl)s1. The van der Waals surface area contributed by atoms with E-state index >= 15 is 0 Å². The molecule has 7 heteroatoms. The third kappa shape index (κ3) is 2.70. The van der Waals surface area contributed by atoms with Gasteiger partial charge in [0.05, 0.1) is 10.9 Å². The van der Waals surface area contributed by atoms with Crippen molar-refractivity contribution < 1.29 is 13.2 Å². The summed E-state index contributed by atoms with van der Waals surface area (Å²) in [6.45, 7) is 1.05. The number of hydrogen-bond acceptors (Lipinski definition) is 4. The Morgan fingerprint density at radius 1 is 1.53 bits per heavy atom. The van der Waals surface area contributed by atoms with Crippen LogP contribution < -0.4 is 4.72 Å². The normalized spacial score (nSPS) is 22.1. The first-order chi connectivity index (χ1) is 7.08. The van der Waals surface area contributed by atoms with Gasteiger partial charge in [0.2, 0.25) is 10.0 Å². The average molecular weight is 268 g/mol. The first-order valence-electron chi connectivity index (χ1n) is 4.43. The molecule has 2 heterocycles. The van der Waals surface area contributed by atoms with E-state index in [1.54, 1.807) is 6.07 Å². The zero-order valence-electron chi connectivity index (χ0n) is 7.77. The van der Waals surface area contributed by atoms with Gasteiger partial charge in [-0.25, -0.2) is 13.1 Å². The van der Waals surface area contributed by atoms with E-state index in [2.05, 4.69) is 4.72 Å². The molecule has 2 rings (SSSR count). The van der Waals surface area contributed by atoms with Crippen molar-refractivity contribution >= 4 is 33.0 Å². The number of sulfonamides is 1. The Bertz CT molecular complexity index is 436.